The normalized spacial score (nSPS) is 48.7. The zero-order valence-electron chi connectivity index (χ0n) is 25.1. The summed E-state index contributed by atoms with van der Waals surface area (Å²) in [7, 11) is 0. The van der Waals surface area contributed by atoms with Crippen LogP contribution in [0.5, 0.6) is 0 Å². The molecule has 1 saturated heterocycles. The van der Waals surface area contributed by atoms with Crippen molar-refractivity contribution in [2.24, 2.45) is 46.3 Å². The molecule has 0 aromatic carbocycles. The molecule has 0 unspecified atom stereocenters. The van der Waals surface area contributed by atoms with Crippen molar-refractivity contribution in [1.82, 2.24) is 0 Å². The van der Waals surface area contributed by atoms with Crippen LogP contribution in [0.25, 0.3) is 0 Å². The molecule has 0 spiro atoms. The van der Waals surface area contributed by atoms with Gasteiger partial charge in [0.2, 0.25) is 0 Å². The van der Waals surface area contributed by atoms with Gasteiger partial charge in [0.15, 0.2) is 6.29 Å². The van der Waals surface area contributed by atoms with Crippen molar-refractivity contribution >= 4 is 0 Å². The average molecular weight is 549 g/mol. The molecule has 5 rings (SSSR count). The van der Waals surface area contributed by atoms with Gasteiger partial charge in [0.25, 0.3) is 0 Å². The molecule has 0 aromatic rings. The predicted octanol–water partition coefficient (Wildman–Crippen LogP) is 5.21. The fourth-order valence-corrected chi connectivity index (χ4v) is 10.1. The second kappa shape index (κ2) is 11.6. The highest BCUT2D eigenvalue weighted by Gasteiger charge is 2.59. The van der Waals surface area contributed by atoms with Crippen LogP contribution in [0.2, 0.25) is 0 Å². The monoisotopic (exact) mass is 548 g/mol. The molecular formula is C33H56O6. The lowest BCUT2D eigenvalue weighted by molar-refractivity contribution is -0.313. The van der Waals surface area contributed by atoms with E-state index in [0.717, 1.165) is 54.8 Å². The van der Waals surface area contributed by atoms with E-state index >= 15 is 0 Å². The minimum absolute atomic E-state index is 0.0984. The molecule has 0 radical (unpaired) electrons. The molecule has 0 aromatic heterocycles. The Labute approximate surface area is 236 Å². The topological polar surface area (TPSA) is 99.4 Å². The van der Waals surface area contributed by atoms with Crippen molar-refractivity contribution in [3.8, 4) is 0 Å². The fraction of sp³-hybridized carbons (Fsp3) is 0.939. The smallest absolute Gasteiger partial charge is 0.186 e. The molecule has 13 atom stereocenters. The molecule has 1 heterocycles. The van der Waals surface area contributed by atoms with E-state index in [-0.39, 0.29) is 11.5 Å². The lowest BCUT2D eigenvalue weighted by atomic mass is 9.47. The van der Waals surface area contributed by atoms with Crippen LogP contribution in [-0.4, -0.2) is 63.8 Å². The van der Waals surface area contributed by atoms with Crippen LogP contribution in [0, 0.1) is 46.3 Å². The number of aliphatic hydroxyl groups is 4. The molecule has 0 bridgehead atoms. The SMILES string of the molecule is CC(C)CCC[C@@H](C)[C@H]1CC[C@H]2[C@@H]3CC=C4C[C@@H](O[C@H]5O[C@@H](CO)[C@@H](O)[C@@H](O)[C@@H]5O)CC[C@]4(C)[C@H]3CC[C@]12C. The molecule has 4 N–H and O–H groups in total. The maximum atomic E-state index is 10.5. The van der Waals surface area contributed by atoms with E-state index in [1.165, 1.54) is 56.9 Å². The number of rotatable bonds is 8. The Morgan fingerprint density at radius 3 is 2.44 bits per heavy atom. The summed E-state index contributed by atoms with van der Waals surface area (Å²) in [6.45, 7) is 12.0. The average Bonchev–Trinajstić information content (AvgIpc) is 3.26. The van der Waals surface area contributed by atoms with Crippen molar-refractivity contribution in [1.29, 1.82) is 0 Å². The lowest BCUT2D eigenvalue weighted by Crippen LogP contribution is -2.60. The van der Waals surface area contributed by atoms with Gasteiger partial charge < -0.3 is 29.9 Å². The highest BCUT2D eigenvalue weighted by atomic mass is 16.7. The summed E-state index contributed by atoms with van der Waals surface area (Å²) < 4.78 is 11.9. The molecule has 224 valence electrons. The molecule has 6 nitrogen and oxygen atoms in total. The van der Waals surface area contributed by atoms with Gasteiger partial charge >= 0.3 is 0 Å². The summed E-state index contributed by atoms with van der Waals surface area (Å²) >= 11 is 0. The van der Waals surface area contributed by atoms with Gasteiger partial charge in [-0.05, 0) is 97.7 Å². The van der Waals surface area contributed by atoms with Crippen LogP contribution in [0.1, 0.15) is 105 Å². The van der Waals surface area contributed by atoms with Crippen LogP contribution in [-0.2, 0) is 9.47 Å². The molecule has 1 aliphatic heterocycles. The van der Waals surface area contributed by atoms with Gasteiger partial charge in [-0.3, -0.25) is 0 Å². The highest BCUT2D eigenvalue weighted by Crippen LogP contribution is 2.67. The van der Waals surface area contributed by atoms with Crippen LogP contribution >= 0.6 is 0 Å². The van der Waals surface area contributed by atoms with Crippen LogP contribution < -0.4 is 0 Å². The number of aliphatic hydroxyl groups excluding tert-OH is 4. The van der Waals surface area contributed by atoms with Crippen molar-refractivity contribution in [3.63, 3.8) is 0 Å². The first-order valence-electron chi connectivity index (χ1n) is 16.1. The third-order valence-electron chi connectivity index (χ3n) is 12.4. The molecule has 0 amide bonds. The zero-order valence-corrected chi connectivity index (χ0v) is 25.1. The molecular weight excluding hydrogens is 492 g/mol. The van der Waals surface area contributed by atoms with E-state index in [1.807, 2.05) is 0 Å². The fourth-order valence-electron chi connectivity index (χ4n) is 10.1. The van der Waals surface area contributed by atoms with Crippen molar-refractivity contribution in [3.05, 3.63) is 11.6 Å². The second-order valence-corrected chi connectivity index (χ2v) is 15.0. The van der Waals surface area contributed by atoms with Crippen LogP contribution in [0.15, 0.2) is 11.6 Å². The molecule has 4 fully saturated rings. The first-order valence-corrected chi connectivity index (χ1v) is 16.1. The van der Waals surface area contributed by atoms with Gasteiger partial charge in [0, 0.05) is 0 Å². The van der Waals surface area contributed by atoms with Crippen molar-refractivity contribution in [2.75, 3.05) is 6.61 Å². The Morgan fingerprint density at radius 2 is 1.72 bits per heavy atom. The minimum atomic E-state index is -1.39. The third-order valence-corrected chi connectivity index (χ3v) is 12.4. The summed E-state index contributed by atoms with van der Waals surface area (Å²) in [6.07, 6.45) is 9.98. The zero-order chi connectivity index (χ0) is 28.1. The van der Waals surface area contributed by atoms with E-state index in [9.17, 15) is 20.4 Å². The van der Waals surface area contributed by atoms with Gasteiger partial charge in [0.1, 0.15) is 24.4 Å². The van der Waals surface area contributed by atoms with Gasteiger partial charge in [-0.25, -0.2) is 0 Å². The van der Waals surface area contributed by atoms with Gasteiger partial charge in [-0.15, -0.1) is 0 Å². The molecule has 39 heavy (non-hydrogen) atoms. The largest absolute Gasteiger partial charge is 0.394 e. The number of allylic oxidation sites excluding steroid dienone is 1. The van der Waals surface area contributed by atoms with Gasteiger partial charge in [-0.1, -0.05) is 65.5 Å². The number of ether oxygens (including phenoxy) is 2. The predicted molar refractivity (Wildman–Crippen MR) is 152 cm³/mol. The number of fused-ring (bicyclic) bond motifs is 5. The van der Waals surface area contributed by atoms with E-state index in [4.69, 9.17) is 9.47 Å². The molecule has 4 aliphatic carbocycles. The Morgan fingerprint density at radius 1 is 0.949 bits per heavy atom. The number of hydrogen-bond donors (Lipinski definition) is 4. The van der Waals surface area contributed by atoms with E-state index < -0.39 is 37.3 Å². The second-order valence-electron chi connectivity index (χ2n) is 15.0. The quantitative estimate of drug-likeness (QED) is 0.311. The summed E-state index contributed by atoms with van der Waals surface area (Å²) in [5.41, 5.74) is 2.20. The maximum absolute atomic E-state index is 10.5. The Balaban J connectivity index is 1.24. The Bertz CT molecular complexity index is 872. The maximum Gasteiger partial charge on any atom is 0.186 e. The Kier molecular flexibility index (Phi) is 8.95. The molecule has 6 heteroatoms. The van der Waals surface area contributed by atoms with Crippen LogP contribution in [0.3, 0.4) is 0 Å². The minimum Gasteiger partial charge on any atom is -0.394 e. The van der Waals surface area contributed by atoms with Crippen molar-refractivity contribution < 1.29 is 29.9 Å². The standard InChI is InChI=1S/C33H56O6/c1-19(2)7-6-8-20(3)24-11-12-25-23-10-9-21-17-22(13-15-32(21,4)26(23)14-16-33(24,25)5)38-31-30(37)29(36)28(35)27(18-34)39-31/h9,19-20,22-31,34-37H,6-8,10-18H2,1-5H3/t20-,22+,23+,24-,25+,26+,27+,28-,29-,30+,31+,32+,33-/m1/s1. The van der Waals surface area contributed by atoms with E-state index in [1.54, 1.807) is 0 Å². The molecule has 5 aliphatic rings. The first kappa shape index (κ1) is 30.0. The highest BCUT2D eigenvalue weighted by molar-refractivity contribution is 5.25. The van der Waals surface area contributed by atoms with E-state index in [2.05, 4.69) is 40.7 Å². The number of hydrogen-bond acceptors (Lipinski definition) is 6. The first-order chi connectivity index (χ1) is 18.5. The Hall–Kier alpha value is -0.500. The summed E-state index contributed by atoms with van der Waals surface area (Å²) in [6, 6.07) is 0. The van der Waals surface area contributed by atoms with Gasteiger partial charge in [0.05, 0.1) is 12.7 Å². The van der Waals surface area contributed by atoms with Gasteiger partial charge in [-0.2, -0.15) is 0 Å². The van der Waals surface area contributed by atoms with E-state index in [0.29, 0.717) is 5.41 Å². The molecule has 3 saturated carbocycles. The van der Waals surface area contributed by atoms with Crippen molar-refractivity contribution in [2.45, 2.75) is 142 Å². The summed E-state index contributed by atoms with van der Waals surface area (Å²) in [5, 5.41) is 40.3. The third kappa shape index (κ3) is 5.41. The lowest BCUT2D eigenvalue weighted by Gasteiger charge is -2.58. The van der Waals surface area contributed by atoms with Crippen LogP contribution in [0.4, 0.5) is 0 Å². The summed E-state index contributed by atoms with van der Waals surface area (Å²) in [5.74, 6) is 4.87. The summed E-state index contributed by atoms with van der Waals surface area (Å²) in [4.78, 5) is 0.